The van der Waals surface area contributed by atoms with E-state index in [0.717, 1.165) is 0 Å². The number of anilines is 1. The first-order valence-electron chi connectivity index (χ1n) is 4.19. The summed E-state index contributed by atoms with van der Waals surface area (Å²) in [6.07, 6.45) is 0.681. The fourth-order valence-electron chi connectivity index (χ4n) is 1.42. The molecule has 2 N–H and O–H groups in total. The highest BCUT2D eigenvalue weighted by Crippen LogP contribution is 2.29. The summed E-state index contributed by atoms with van der Waals surface area (Å²) < 4.78 is 18.4. The number of para-hydroxylation sites is 1. The molecule has 0 unspecified atom stereocenters. The van der Waals surface area contributed by atoms with E-state index in [4.69, 9.17) is 10.2 Å². The van der Waals surface area contributed by atoms with Gasteiger partial charge >= 0.3 is 0 Å². The quantitative estimate of drug-likeness (QED) is 0.731. The molecule has 0 aliphatic heterocycles. The van der Waals surface area contributed by atoms with Crippen molar-refractivity contribution in [3.63, 3.8) is 0 Å². The summed E-state index contributed by atoms with van der Waals surface area (Å²) in [4.78, 5) is 0. The molecule has 0 saturated carbocycles. The Hall–Kier alpha value is -1.51. The largest absolute Gasteiger partial charge is 0.456 e. The molecule has 1 heterocycles. The van der Waals surface area contributed by atoms with Crippen LogP contribution >= 0.6 is 0 Å². The van der Waals surface area contributed by atoms with Gasteiger partial charge in [-0.3, -0.25) is 0 Å². The molecule has 0 atom stereocenters. The first kappa shape index (κ1) is 8.10. The lowest BCUT2D eigenvalue weighted by Gasteiger charge is -1.89. The zero-order chi connectivity index (χ0) is 9.42. The number of fused-ring (bicyclic) bond motifs is 1. The molecule has 0 saturated heterocycles. The minimum absolute atomic E-state index is 0.261. The van der Waals surface area contributed by atoms with Crippen molar-refractivity contribution in [3.05, 3.63) is 29.8 Å². The summed E-state index contributed by atoms with van der Waals surface area (Å²) in [5.74, 6) is 0.295. The lowest BCUT2D eigenvalue weighted by molar-refractivity contribution is 0.526. The van der Waals surface area contributed by atoms with Crippen LogP contribution in [0.1, 0.15) is 12.7 Å². The summed E-state index contributed by atoms with van der Waals surface area (Å²) in [6.45, 7) is 1.92. The summed E-state index contributed by atoms with van der Waals surface area (Å²) in [5, 5.41) is 0.664. The maximum Gasteiger partial charge on any atom is 0.172 e. The molecule has 13 heavy (non-hydrogen) atoms. The Morgan fingerprint density at radius 2 is 2.23 bits per heavy atom. The van der Waals surface area contributed by atoms with Crippen LogP contribution in [0.4, 0.5) is 10.1 Å². The molecule has 1 aromatic carbocycles. The minimum Gasteiger partial charge on any atom is -0.456 e. The summed E-state index contributed by atoms with van der Waals surface area (Å²) in [7, 11) is 0. The molecule has 0 bridgehead atoms. The monoisotopic (exact) mass is 179 g/mol. The average molecular weight is 179 g/mol. The van der Waals surface area contributed by atoms with Gasteiger partial charge in [-0.2, -0.15) is 0 Å². The van der Waals surface area contributed by atoms with Crippen molar-refractivity contribution < 1.29 is 8.81 Å². The van der Waals surface area contributed by atoms with Gasteiger partial charge in [0.1, 0.15) is 5.76 Å². The van der Waals surface area contributed by atoms with Crippen molar-refractivity contribution in [2.75, 3.05) is 5.73 Å². The molecule has 0 radical (unpaired) electrons. The third kappa shape index (κ3) is 1.08. The third-order valence-corrected chi connectivity index (χ3v) is 2.10. The van der Waals surface area contributed by atoms with Crippen LogP contribution in [-0.2, 0) is 6.42 Å². The summed E-state index contributed by atoms with van der Waals surface area (Å²) >= 11 is 0. The lowest BCUT2D eigenvalue weighted by Crippen LogP contribution is -1.86. The molecule has 0 spiro atoms. The molecule has 2 rings (SSSR count). The van der Waals surface area contributed by atoms with Gasteiger partial charge in [-0.25, -0.2) is 4.39 Å². The van der Waals surface area contributed by atoms with E-state index in [0.29, 0.717) is 23.3 Å². The van der Waals surface area contributed by atoms with Crippen molar-refractivity contribution in [2.45, 2.75) is 13.3 Å². The second kappa shape index (κ2) is 2.76. The van der Waals surface area contributed by atoms with Gasteiger partial charge in [-0.1, -0.05) is 13.0 Å². The van der Waals surface area contributed by atoms with Crippen molar-refractivity contribution in [1.29, 1.82) is 0 Å². The van der Waals surface area contributed by atoms with E-state index in [9.17, 15) is 4.39 Å². The van der Waals surface area contributed by atoms with E-state index in [1.807, 2.05) is 6.92 Å². The molecule has 2 nitrogen and oxygen atoms in total. The SMILES string of the molecule is CCc1oc2c(F)cccc2c1N. The van der Waals surface area contributed by atoms with Crippen LogP contribution in [0.5, 0.6) is 0 Å². The van der Waals surface area contributed by atoms with Crippen molar-refractivity contribution >= 4 is 16.7 Å². The van der Waals surface area contributed by atoms with Crippen LogP contribution in [0.15, 0.2) is 22.6 Å². The number of benzene rings is 1. The van der Waals surface area contributed by atoms with Gasteiger partial charge in [0.05, 0.1) is 5.69 Å². The van der Waals surface area contributed by atoms with Gasteiger partial charge in [-0.05, 0) is 12.1 Å². The Kier molecular flexibility index (Phi) is 1.72. The topological polar surface area (TPSA) is 39.2 Å². The predicted molar refractivity (Wildman–Crippen MR) is 50.0 cm³/mol. The summed E-state index contributed by atoms with van der Waals surface area (Å²) in [6, 6.07) is 4.75. The molecule has 1 aromatic heterocycles. The number of nitrogen functional groups attached to an aromatic ring is 1. The number of furan rings is 1. The zero-order valence-corrected chi connectivity index (χ0v) is 7.30. The molecular formula is C10H10FNO. The Labute approximate surface area is 75.1 Å². The van der Waals surface area contributed by atoms with Gasteiger partial charge in [0.15, 0.2) is 11.4 Å². The fraction of sp³-hybridized carbons (Fsp3) is 0.200. The Morgan fingerprint density at radius 3 is 2.85 bits per heavy atom. The van der Waals surface area contributed by atoms with Crippen molar-refractivity contribution in [1.82, 2.24) is 0 Å². The number of nitrogens with two attached hydrogens (primary N) is 1. The van der Waals surface area contributed by atoms with Crippen LogP contribution in [0.2, 0.25) is 0 Å². The third-order valence-electron chi connectivity index (χ3n) is 2.10. The molecule has 0 aliphatic carbocycles. The highest BCUT2D eigenvalue weighted by Gasteiger charge is 2.12. The maximum absolute atomic E-state index is 13.2. The second-order valence-corrected chi connectivity index (χ2v) is 2.91. The van der Waals surface area contributed by atoms with Crippen LogP contribution in [0.25, 0.3) is 11.0 Å². The van der Waals surface area contributed by atoms with Crippen LogP contribution < -0.4 is 5.73 Å². The highest BCUT2D eigenvalue weighted by atomic mass is 19.1. The molecular weight excluding hydrogens is 169 g/mol. The maximum atomic E-state index is 13.2. The van der Waals surface area contributed by atoms with Gasteiger partial charge in [0.25, 0.3) is 0 Å². The van der Waals surface area contributed by atoms with E-state index in [2.05, 4.69) is 0 Å². The van der Waals surface area contributed by atoms with Crippen LogP contribution in [0, 0.1) is 5.82 Å². The molecule has 3 heteroatoms. The number of aryl methyl sites for hydroxylation is 1. The van der Waals surface area contributed by atoms with Crippen molar-refractivity contribution in [3.8, 4) is 0 Å². The van der Waals surface area contributed by atoms with E-state index in [1.54, 1.807) is 12.1 Å². The Morgan fingerprint density at radius 1 is 1.46 bits per heavy atom. The van der Waals surface area contributed by atoms with E-state index in [-0.39, 0.29) is 11.4 Å². The first-order valence-corrected chi connectivity index (χ1v) is 4.19. The van der Waals surface area contributed by atoms with Gasteiger partial charge in [0, 0.05) is 11.8 Å². The molecule has 0 amide bonds. The van der Waals surface area contributed by atoms with Gasteiger partial charge in [0.2, 0.25) is 0 Å². The number of hydrogen-bond donors (Lipinski definition) is 1. The van der Waals surface area contributed by atoms with E-state index in [1.165, 1.54) is 6.07 Å². The molecule has 2 aromatic rings. The van der Waals surface area contributed by atoms with Crippen LogP contribution in [0.3, 0.4) is 0 Å². The zero-order valence-electron chi connectivity index (χ0n) is 7.30. The second-order valence-electron chi connectivity index (χ2n) is 2.91. The molecule has 0 fully saturated rings. The normalized spacial score (nSPS) is 10.9. The lowest BCUT2D eigenvalue weighted by atomic mass is 10.2. The standard InChI is InChI=1S/C10H10FNO/c1-2-8-9(12)6-4-3-5-7(11)10(6)13-8/h3-5H,2,12H2,1H3. The smallest absolute Gasteiger partial charge is 0.172 e. The first-order chi connectivity index (χ1) is 6.24. The fourth-order valence-corrected chi connectivity index (χ4v) is 1.42. The molecule has 0 aliphatic rings. The van der Waals surface area contributed by atoms with Crippen LogP contribution in [-0.4, -0.2) is 0 Å². The van der Waals surface area contributed by atoms with Gasteiger partial charge < -0.3 is 10.2 Å². The van der Waals surface area contributed by atoms with Gasteiger partial charge in [-0.15, -0.1) is 0 Å². The minimum atomic E-state index is -0.357. The number of rotatable bonds is 1. The Bertz CT molecular complexity index is 447. The highest BCUT2D eigenvalue weighted by molar-refractivity contribution is 5.91. The number of halogens is 1. The Balaban J connectivity index is 2.83. The van der Waals surface area contributed by atoms with E-state index >= 15 is 0 Å². The van der Waals surface area contributed by atoms with E-state index < -0.39 is 0 Å². The summed E-state index contributed by atoms with van der Waals surface area (Å²) in [5.41, 5.74) is 6.57. The molecule has 68 valence electrons. The van der Waals surface area contributed by atoms with Crippen molar-refractivity contribution in [2.24, 2.45) is 0 Å². The number of hydrogen-bond acceptors (Lipinski definition) is 2. The predicted octanol–water partition coefficient (Wildman–Crippen LogP) is 2.72. The average Bonchev–Trinajstić information content (AvgIpc) is 2.45.